The van der Waals surface area contributed by atoms with Crippen LogP contribution in [0, 0.1) is 0 Å². The second-order valence-electron chi connectivity index (χ2n) is 4.93. The predicted octanol–water partition coefficient (Wildman–Crippen LogP) is 3.04. The van der Waals surface area contributed by atoms with Crippen LogP contribution in [0.15, 0.2) is 48.8 Å². The lowest BCUT2D eigenvalue weighted by molar-refractivity contribution is 0.199. The Kier molecular flexibility index (Phi) is 3.47. The number of fused-ring (bicyclic) bond motifs is 1. The summed E-state index contributed by atoms with van der Waals surface area (Å²) in [5.74, 6) is 1.36. The molecule has 1 aliphatic heterocycles. The highest BCUT2D eigenvalue weighted by Gasteiger charge is 2.24. The molecule has 0 fully saturated rings. The van der Waals surface area contributed by atoms with E-state index in [1.165, 1.54) is 11.1 Å². The Morgan fingerprint density at radius 2 is 1.89 bits per heavy atom. The van der Waals surface area contributed by atoms with Gasteiger partial charge in [0, 0.05) is 12.4 Å². The molecule has 3 heteroatoms. The van der Waals surface area contributed by atoms with Crippen molar-refractivity contribution in [3.05, 3.63) is 59.9 Å². The molecule has 2 unspecified atom stereocenters. The van der Waals surface area contributed by atoms with Gasteiger partial charge in [0.25, 0.3) is 0 Å². The van der Waals surface area contributed by atoms with Gasteiger partial charge < -0.3 is 10.5 Å². The van der Waals surface area contributed by atoms with Crippen molar-refractivity contribution in [2.24, 2.45) is 5.73 Å². The molecular formula is C16H18N2O. The summed E-state index contributed by atoms with van der Waals surface area (Å²) in [5.41, 5.74) is 8.33. The van der Waals surface area contributed by atoms with Gasteiger partial charge in [0.2, 0.25) is 0 Å². The van der Waals surface area contributed by atoms with Gasteiger partial charge in [0.15, 0.2) is 0 Å². The first-order valence-electron chi connectivity index (χ1n) is 6.74. The topological polar surface area (TPSA) is 48.1 Å². The quantitative estimate of drug-likeness (QED) is 0.896. The van der Waals surface area contributed by atoms with Gasteiger partial charge in [-0.05, 0) is 54.6 Å². The lowest BCUT2D eigenvalue weighted by Crippen LogP contribution is -2.11. The molecule has 19 heavy (non-hydrogen) atoms. The molecule has 2 atom stereocenters. The van der Waals surface area contributed by atoms with E-state index < -0.39 is 0 Å². The molecule has 2 heterocycles. The number of nitrogens with two attached hydrogens (primary N) is 1. The van der Waals surface area contributed by atoms with E-state index in [1.54, 1.807) is 0 Å². The monoisotopic (exact) mass is 254 g/mol. The van der Waals surface area contributed by atoms with Crippen LogP contribution in [0.4, 0.5) is 0 Å². The maximum absolute atomic E-state index is 6.19. The number of para-hydroxylation sites is 1. The van der Waals surface area contributed by atoms with Crippen molar-refractivity contribution in [2.75, 3.05) is 6.54 Å². The second kappa shape index (κ2) is 5.41. The summed E-state index contributed by atoms with van der Waals surface area (Å²) < 4.78 is 6.19. The van der Waals surface area contributed by atoms with E-state index in [-0.39, 0.29) is 6.10 Å². The van der Waals surface area contributed by atoms with E-state index in [0.29, 0.717) is 12.5 Å². The molecule has 3 nitrogen and oxygen atoms in total. The van der Waals surface area contributed by atoms with Gasteiger partial charge in [0.05, 0.1) is 0 Å². The average molecular weight is 254 g/mol. The Balaban J connectivity index is 1.94. The second-order valence-corrected chi connectivity index (χ2v) is 4.93. The van der Waals surface area contributed by atoms with Crippen LogP contribution < -0.4 is 10.5 Å². The summed E-state index contributed by atoms with van der Waals surface area (Å²) in [6.07, 6.45) is 5.77. The summed E-state index contributed by atoms with van der Waals surface area (Å²) >= 11 is 0. The van der Waals surface area contributed by atoms with Crippen LogP contribution in [0.5, 0.6) is 5.75 Å². The fraction of sp³-hybridized carbons (Fsp3) is 0.312. The number of rotatable bonds is 2. The standard InChI is InChI=1S/C16H18N2O/c17-11-13-5-6-15(12-7-9-18-10-8-12)19-16-4-2-1-3-14(13)16/h1-4,7-10,13,15H,5-6,11,17H2. The lowest BCUT2D eigenvalue weighted by atomic mass is 9.93. The molecule has 0 aliphatic carbocycles. The van der Waals surface area contributed by atoms with E-state index in [1.807, 2.05) is 36.7 Å². The van der Waals surface area contributed by atoms with Crippen LogP contribution in [0.2, 0.25) is 0 Å². The molecule has 0 amide bonds. The SMILES string of the molecule is NCC1CCC(c2ccncc2)Oc2ccccc21. The van der Waals surface area contributed by atoms with Gasteiger partial charge in [0.1, 0.15) is 11.9 Å². The van der Waals surface area contributed by atoms with E-state index >= 15 is 0 Å². The van der Waals surface area contributed by atoms with Gasteiger partial charge in [-0.15, -0.1) is 0 Å². The first-order chi connectivity index (χ1) is 9.38. The number of nitrogens with zero attached hydrogens (tertiary/aromatic N) is 1. The molecule has 1 aromatic heterocycles. The summed E-state index contributed by atoms with van der Waals surface area (Å²) in [4.78, 5) is 4.06. The summed E-state index contributed by atoms with van der Waals surface area (Å²) in [5, 5.41) is 0. The molecule has 1 aliphatic rings. The minimum absolute atomic E-state index is 0.0979. The number of pyridine rings is 1. The number of benzene rings is 1. The normalized spacial score (nSPS) is 22.2. The molecule has 2 aromatic rings. The molecule has 0 saturated carbocycles. The van der Waals surface area contributed by atoms with Crippen LogP contribution in [-0.4, -0.2) is 11.5 Å². The van der Waals surface area contributed by atoms with Gasteiger partial charge in [-0.1, -0.05) is 18.2 Å². The van der Waals surface area contributed by atoms with Gasteiger partial charge in [-0.25, -0.2) is 0 Å². The fourth-order valence-electron chi connectivity index (χ4n) is 2.70. The van der Waals surface area contributed by atoms with Crippen molar-refractivity contribution in [3.8, 4) is 5.75 Å². The van der Waals surface area contributed by atoms with E-state index in [4.69, 9.17) is 10.5 Å². The molecule has 0 radical (unpaired) electrons. The van der Waals surface area contributed by atoms with Crippen LogP contribution >= 0.6 is 0 Å². The molecule has 98 valence electrons. The molecule has 0 spiro atoms. The van der Waals surface area contributed by atoms with Crippen LogP contribution in [0.3, 0.4) is 0 Å². The molecule has 2 N–H and O–H groups in total. The van der Waals surface area contributed by atoms with Crippen LogP contribution in [0.1, 0.15) is 36.0 Å². The first-order valence-corrected chi connectivity index (χ1v) is 6.74. The Morgan fingerprint density at radius 3 is 2.68 bits per heavy atom. The number of hydrogen-bond donors (Lipinski definition) is 1. The molecule has 0 saturated heterocycles. The van der Waals surface area contributed by atoms with E-state index in [0.717, 1.165) is 18.6 Å². The van der Waals surface area contributed by atoms with Gasteiger partial charge in [-0.2, -0.15) is 0 Å². The summed E-state index contributed by atoms with van der Waals surface area (Å²) in [7, 11) is 0. The van der Waals surface area contributed by atoms with Crippen LogP contribution in [-0.2, 0) is 0 Å². The van der Waals surface area contributed by atoms with Crippen molar-refractivity contribution in [1.29, 1.82) is 0 Å². The highest BCUT2D eigenvalue weighted by molar-refractivity contribution is 5.38. The maximum atomic E-state index is 6.19. The van der Waals surface area contributed by atoms with Crippen molar-refractivity contribution in [3.63, 3.8) is 0 Å². The van der Waals surface area contributed by atoms with Crippen molar-refractivity contribution >= 4 is 0 Å². The maximum Gasteiger partial charge on any atom is 0.124 e. The largest absolute Gasteiger partial charge is 0.485 e. The Bertz CT molecular complexity index is 541. The lowest BCUT2D eigenvalue weighted by Gasteiger charge is -2.17. The smallest absolute Gasteiger partial charge is 0.124 e. The fourth-order valence-corrected chi connectivity index (χ4v) is 2.70. The molecule has 1 aromatic carbocycles. The van der Waals surface area contributed by atoms with Crippen molar-refractivity contribution < 1.29 is 4.74 Å². The minimum Gasteiger partial charge on any atom is -0.485 e. The zero-order valence-corrected chi connectivity index (χ0v) is 10.8. The first kappa shape index (κ1) is 12.2. The van der Waals surface area contributed by atoms with Crippen molar-refractivity contribution in [2.45, 2.75) is 24.9 Å². The molecule has 0 bridgehead atoms. The highest BCUT2D eigenvalue weighted by atomic mass is 16.5. The Hall–Kier alpha value is -1.87. The molecular weight excluding hydrogens is 236 g/mol. The average Bonchev–Trinajstić information content (AvgIpc) is 2.67. The number of aromatic nitrogens is 1. The Morgan fingerprint density at radius 1 is 1.11 bits per heavy atom. The zero-order valence-electron chi connectivity index (χ0n) is 10.8. The number of ether oxygens (including phenoxy) is 1. The van der Waals surface area contributed by atoms with E-state index in [2.05, 4.69) is 17.1 Å². The third-order valence-electron chi connectivity index (χ3n) is 3.77. The van der Waals surface area contributed by atoms with Gasteiger partial charge in [-0.3, -0.25) is 4.98 Å². The zero-order chi connectivity index (χ0) is 13.1. The summed E-state index contributed by atoms with van der Waals surface area (Å²) in [6.45, 7) is 0.670. The van der Waals surface area contributed by atoms with Gasteiger partial charge >= 0.3 is 0 Å². The van der Waals surface area contributed by atoms with E-state index in [9.17, 15) is 0 Å². The third kappa shape index (κ3) is 2.47. The Labute approximate surface area is 113 Å². The van der Waals surface area contributed by atoms with Crippen molar-refractivity contribution in [1.82, 2.24) is 4.98 Å². The third-order valence-corrected chi connectivity index (χ3v) is 3.77. The number of hydrogen-bond acceptors (Lipinski definition) is 3. The highest BCUT2D eigenvalue weighted by Crippen LogP contribution is 2.38. The molecule has 3 rings (SSSR count). The summed E-state index contributed by atoms with van der Waals surface area (Å²) in [6, 6.07) is 12.3. The van der Waals surface area contributed by atoms with Crippen LogP contribution in [0.25, 0.3) is 0 Å². The predicted molar refractivity (Wildman–Crippen MR) is 75.1 cm³/mol. The minimum atomic E-state index is 0.0979.